The van der Waals surface area contributed by atoms with Crippen molar-refractivity contribution in [2.75, 3.05) is 12.0 Å². The molecular formula is C24H19NO5. The summed E-state index contributed by atoms with van der Waals surface area (Å²) in [5.74, 6) is -1.68. The molecule has 3 aromatic rings. The summed E-state index contributed by atoms with van der Waals surface area (Å²) in [4.78, 5) is 27.3. The highest BCUT2D eigenvalue weighted by Gasteiger charge is 2.48. The first-order valence-corrected chi connectivity index (χ1v) is 9.32. The molecule has 1 fully saturated rings. The summed E-state index contributed by atoms with van der Waals surface area (Å²) < 4.78 is 5.46. The minimum absolute atomic E-state index is 0.0704. The van der Waals surface area contributed by atoms with Crippen molar-refractivity contribution >= 4 is 23.1 Å². The predicted octanol–water partition coefficient (Wildman–Crippen LogP) is 4.03. The molecular weight excluding hydrogens is 382 g/mol. The van der Waals surface area contributed by atoms with Gasteiger partial charge in [-0.2, -0.15) is 0 Å². The molecule has 1 heterocycles. The molecule has 0 spiro atoms. The fourth-order valence-electron chi connectivity index (χ4n) is 3.69. The Balaban J connectivity index is 2.01. The van der Waals surface area contributed by atoms with E-state index in [1.807, 2.05) is 0 Å². The summed E-state index contributed by atoms with van der Waals surface area (Å²) in [7, 11) is 1.49. The number of nitrogens with zero attached hydrogens (tertiary/aromatic N) is 1. The molecule has 1 amide bonds. The number of amides is 1. The third kappa shape index (κ3) is 3.08. The van der Waals surface area contributed by atoms with E-state index < -0.39 is 17.7 Å². The van der Waals surface area contributed by atoms with E-state index in [1.165, 1.54) is 18.1 Å². The smallest absolute Gasteiger partial charge is 0.300 e. The lowest BCUT2D eigenvalue weighted by Gasteiger charge is -2.27. The van der Waals surface area contributed by atoms with Crippen LogP contribution in [0.4, 0.5) is 5.69 Å². The zero-order valence-corrected chi connectivity index (χ0v) is 16.1. The number of carbonyl (C=O) groups is 2. The highest BCUT2D eigenvalue weighted by molar-refractivity contribution is 6.52. The highest BCUT2D eigenvalue weighted by Crippen LogP contribution is 2.46. The first-order chi connectivity index (χ1) is 14.5. The van der Waals surface area contributed by atoms with Crippen molar-refractivity contribution in [1.82, 2.24) is 0 Å². The van der Waals surface area contributed by atoms with Gasteiger partial charge in [-0.15, -0.1) is 0 Å². The molecule has 1 aliphatic heterocycles. The molecule has 0 bridgehead atoms. The first-order valence-electron chi connectivity index (χ1n) is 9.32. The van der Waals surface area contributed by atoms with E-state index in [2.05, 4.69) is 0 Å². The Kier molecular flexibility index (Phi) is 4.98. The van der Waals surface area contributed by atoms with Gasteiger partial charge in [0.15, 0.2) is 0 Å². The number of rotatable bonds is 4. The number of para-hydroxylation sites is 3. The Labute approximate surface area is 173 Å². The molecule has 3 aromatic carbocycles. The number of ether oxygens (including phenoxy) is 1. The largest absolute Gasteiger partial charge is 0.507 e. The molecule has 1 aliphatic rings. The molecule has 30 heavy (non-hydrogen) atoms. The Morgan fingerprint density at radius 2 is 1.53 bits per heavy atom. The molecule has 0 saturated carbocycles. The van der Waals surface area contributed by atoms with Crippen LogP contribution in [-0.2, 0) is 9.59 Å². The monoisotopic (exact) mass is 401 g/mol. The van der Waals surface area contributed by atoms with Crippen LogP contribution in [0.5, 0.6) is 11.5 Å². The zero-order valence-electron chi connectivity index (χ0n) is 16.1. The van der Waals surface area contributed by atoms with Crippen molar-refractivity contribution in [2.24, 2.45) is 0 Å². The number of aliphatic hydroxyl groups excluding tert-OH is 1. The lowest BCUT2D eigenvalue weighted by Crippen LogP contribution is -2.29. The topological polar surface area (TPSA) is 87.1 Å². The number of anilines is 1. The Morgan fingerprint density at radius 1 is 0.900 bits per heavy atom. The van der Waals surface area contributed by atoms with Crippen LogP contribution >= 0.6 is 0 Å². The van der Waals surface area contributed by atoms with Gasteiger partial charge in [-0.3, -0.25) is 14.5 Å². The number of ketones is 1. The molecule has 0 radical (unpaired) electrons. The minimum Gasteiger partial charge on any atom is -0.507 e. The quantitative estimate of drug-likeness (QED) is 0.392. The maximum atomic E-state index is 13.1. The lowest BCUT2D eigenvalue weighted by molar-refractivity contribution is -0.132. The van der Waals surface area contributed by atoms with Gasteiger partial charge in [-0.05, 0) is 18.2 Å². The number of phenolic OH excluding ortho intramolecular Hbond substituents is 1. The number of phenols is 1. The summed E-state index contributed by atoms with van der Waals surface area (Å²) >= 11 is 0. The second-order valence-corrected chi connectivity index (χ2v) is 6.77. The fourth-order valence-corrected chi connectivity index (χ4v) is 3.69. The maximum Gasteiger partial charge on any atom is 0.300 e. The third-order valence-corrected chi connectivity index (χ3v) is 5.07. The summed E-state index contributed by atoms with van der Waals surface area (Å²) in [6, 6.07) is 20.8. The van der Waals surface area contributed by atoms with E-state index >= 15 is 0 Å². The van der Waals surface area contributed by atoms with Crippen molar-refractivity contribution in [2.45, 2.75) is 6.04 Å². The van der Waals surface area contributed by atoms with Crippen molar-refractivity contribution in [3.63, 3.8) is 0 Å². The molecule has 0 aromatic heterocycles. The SMILES string of the molecule is COc1ccccc1C1/C(=C(\O)c2ccccc2)C(=O)C(=O)N1c1ccccc1O. The number of carbonyl (C=O) groups excluding carboxylic acids is 2. The van der Waals surface area contributed by atoms with Gasteiger partial charge in [0.25, 0.3) is 11.7 Å². The highest BCUT2D eigenvalue weighted by atomic mass is 16.5. The van der Waals surface area contributed by atoms with Gasteiger partial charge in [0.05, 0.1) is 24.4 Å². The van der Waals surface area contributed by atoms with Crippen molar-refractivity contribution < 1.29 is 24.5 Å². The van der Waals surface area contributed by atoms with Crippen molar-refractivity contribution in [3.05, 3.63) is 95.6 Å². The van der Waals surface area contributed by atoms with Crippen LogP contribution < -0.4 is 9.64 Å². The van der Waals surface area contributed by atoms with Crippen molar-refractivity contribution in [1.29, 1.82) is 0 Å². The number of hydrogen-bond acceptors (Lipinski definition) is 5. The molecule has 1 unspecified atom stereocenters. The molecule has 6 heteroatoms. The first kappa shape index (κ1) is 19.3. The van der Waals surface area contributed by atoms with E-state index in [0.717, 1.165) is 0 Å². The van der Waals surface area contributed by atoms with Crippen LogP contribution in [0.15, 0.2) is 84.4 Å². The average Bonchev–Trinajstić information content (AvgIpc) is 3.04. The fraction of sp³-hybridized carbons (Fsp3) is 0.0833. The van der Waals surface area contributed by atoms with Crippen LogP contribution in [0.1, 0.15) is 17.2 Å². The zero-order chi connectivity index (χ0) is 21.3. The van der Waals surface area contributed by atoms with Gasteiger partial charge in [0, 0.05) is 11.1 Å². The molecule has 6 nitrogen and oxygen atoms in total. The number of Topliss-reactive ketones (excluding diaryl/α,β-unsaturated/α-hetero) is 1. The van der Waals surface area contributed by atoms with E-state index in [-0.39, 0.29) is 22.8 Å². The minimum atomic E-state index is -0.977. The number of methoxy groups -OCH3 is 1. The summed E-state index contributed by atoms with van der Waals surface area (Å²) in [6.45, 7) is 0. The lowest BCUT2D eigenvalue weighted by atomic mass is 9.94. The second-order valence-electron chi connectivity index (χ2n) is 6.77. The van der Waals surface area contributed by atoms with Gasteiger partial charge in [-0.25, -0.2) is 0 Å². The van der Waals surface area contributed by atoms with E-state index in [1.54, 1.807) is 72.8 Å². The van der Waals surface area contributed by atoms with E-state index in [0.29, 0.717) is 16.9 Å². The Morgan fingerprint density at radius 3 is 2.23 bits per heavy atom. The van der Waals surface area contributed by atoms with Gasteiger partial charge < -0.3 is 14.9 Å². The standard InChI is InChI=1S/C24H19NO5/c1-30-19-14-8-5-11-16(19)21-20(22(27)15-9-3-2-4-10-15)23(28)24(29)25(21)17-12-6-7-13-18(17)26/h2-14,21,26-27H,1H3/b22-20+. The Hall–Kier alpha value is -4.06. The van der Waals surface area contributed by atoms with Crippen LogP contribution in [0.2, 0.25) is 0 Å². The van der Waals surface area contributed by atoms with E-state index in [9.17, 15) is 19.8 Å². The van der Waals surface area contributed by atoms with Crippen LogP contribution in [0, 0.1) is 0 Å². The van der Waals surface area contributed by atoms with Crippen LogP contribution in [-0.4, -0.2) is 29.0 Å². The number of hydrogen-bond donors (Lipinski definition) is 2. The molecule has 1 saturated heterocycles. The summed E-state index contributed by atoms with van der Waals surface area (Å²) in [5.41, 5.74) is 1.02. The number of aromatic hydroxyl groups is 1. The molecule has 150 valence electrons. The molecule has 0 aliphatic carbocycles. The average molecular weight is 401 g/mol. The molecule has 4 rings (SSSR count). The van der Waals surface area contributed by atoms with Gasteiger partial charge in [0.2, 0.25) is 0 Å². The molecule has 1 atom stereocenters. The van der Waals surface area contributed by atoms with Gasteiger partial charge in [0.1, 0.15) is 17.3 Å². The normalized spacial score (nSPS) is 17.9. The maximum absolute atomic E-state index is 13.1. The van der Waals surface area contributed by atoms with Crippen molar-refractivity contribution in [3.8, 4) is 11.5 Å². The summed E-state index contributed by atoms with van der Waals surface area (Å²) in [5, 5.41) is 21.4. The molecule has 2 N–H and O–H groups in total. The van der Waals surface area contributed by atoms with Gasteiger partial charge in [-0.1, -0.05) is 60.7 Å². The van der Waals surface area contributed by atoms with E-state index in [4.69, 9.17) is 4.74 Å². The second kappa shape index (κ2) is 7.75. The third-order valence-electron chi connectivity index (χ3n) is 5.07. The predicted molar refractivity (Wildman–Crippen MR) is 112 cm³/mol. The Bertz CT molecular complexity index is 1150. The number of aliphatic hydroxyl groups is 1. The van der Waals surface area contributed by atoms with Gasteiger partial charge >= 0.3 is 0 Å². The van der Waals surface area contributed by atoms with Crippen LogP contribution in [0.3, 0.4) is 0 Å². The van der Waals surface area contributed by atoms with Crippen LogP contribution in [0.25, 0.3) is 5.76 Å². The number of benzene rings is 3. The summed E-state index contributed by atoms with van der Waals surface area (Å²) in [6.07, 6.45) is 0.